The molecular formula is C11H8BrN3O2. The van der Waals surface area contributed by atoms with E-state index < -0.39 is 0 Å². The zero-order valence-electron chi connectivity index (χ0n) is 8.92. The molecule has 0 aliphatic carbocycles. The van der Waals surface area contributed by atoms with Gasteiger partial charge in [-0.3, -0.25) is 0 Å². The summed E-state index contributed by atoms with van der Waals surface area (Å²) < 4.78 is 12.9. The van der Waals surface area contributed by atoms with Gasteiger partial charge in [0, 0.05) is 12.3 Å². The molecule has 86 valence electrons. The summed E-state index contributed by atoms with van der Waals surface area (Å²) in [6.07, 6.45) is 1.79. The molecule has 3 aromatic heterocycles. The van der Waals surface area contributed by atoms with E-state index in [0.29, 0.717) is 21.9 Å². The molecule has 0 saturated carbocycles. The number of nitrogens with zero attached hydrogens (tertiary/aromatic N) is 3. The first-order chi connectivity index (χ1) is 8.26. The maximum absolute atomic E-state index is 5.40. The predicted molar refractivity (Wildman–Crippen MR) is 64.9 cm³/mol. The molecule has 0 aliphatic rings. The third-order valence-corrected chi connectivity index (χ3v) is 2.76. The fourth-order valence-electron chi connectivity index (χ4n) is 1.53. The first-order valence-electron chi connectivity index (χ1n) is 4.92. The Morgan fingerprint density at radius 3 is 2.94 bits per heavy atom. The molecule has 0 atom stereocenters. The van der Waals surface area contributed by atoms with E-state index in [2.05, 4.69) is 26.0 Å². The van der Waals surface area contributed by atoms with E-state index in [1.807, 2.05) is 24.3 Å². The van der Waals surface area contributed by atoms with Crippen LogP contribution in [0.15, 0.2) is 39.5 Å². The van der Waals surface area contributed by atoms with Crippen molar-refractivity contribution in [3.63, 3.8) is 0 Å². The monoisotopic (exact) mass is 293 g/mol. The lowest BCUT2D eigenvalue weighted by molar-refractivity contribution is 0.414. The van der Waals surface area contributed by atoms with Gasteiger partial charge >= 0.3 is 0 Å². The summed E-state index contributed by atoms with van der Waals surface area (Å²) in [4.78, 5) is 4.36. The molecule has 0 radical (unpaired) electrons. The number of ether oxygens (including phenoxy) is 1. The molecule has 0 aromatic carbocycles. The van der Waals surface area contributed by atoms with Crippen molar-refractivity contribution in [1.29, 1.82) is 0 Å². The van der Waals surface area contributed by atoms with Crippen LogP contribution in [0, 0.1) is 0 Å². The Morgan fingerprint density at radius 2 is 2.24 bits per heavy atom. The molecule has 0 unspecified atom stereocenters. The van der Waals surface area contributed by atoms with Crippen LogP contribution in [0.5, 0.6) is 5.75 Å². The zero-order valence-corrected chi connectivity index (χ0v) is 10.5. The fraction of sp³-hybridized carbons (Fsp3) is 0.0909. The highest BCUT2D eigenvalue weighted by molar-refractivity contribution is 9.10. The Kier molecular flexibility index (Phi) is 2.36. The van der Waals surface area contributed by atoms with Gasteiger partial charge in [-0.05, 0) is 34.1 Å². The second-order valence-electron chi connectivity index (χ2n) is 3.41. The van der Waals surface area contributed by atoms with Crippen LogP contribution in [0.25, 0.3) is 17.2 Å². The number of halogens is 1. The van der Waals surface area contributed by atoms with Gasteiger partial charge in [0.15, 0.2) is 16.1 Å². The van der Waals surface area contributed by atoms with Crippen molar-refractivity contribution >= 4 is 21.6 Å². The number of hydrogen-bond acceptors (Lipinski definition) is 4. The molecule has 17 heavy (non-hydrogen) atoms. The van der Waals surface area contributed by atoms with E-state index in [4.69, 9.17) is 9.15 Å². The Morgan fingerprint density at radius 1 is 1.35 bits per heavy atom. The highest BCUT2D eigenvalue weighted by atomic mass is 79.9. The summed E-state index contributed by atoms with van der Waals surface area (Å²) >= 11 is 3.25. The van der Waals surface area contributed by atoms with Gasteiger partial charge in [-0.2, -0.15) is 0 Å². The van der Waals surface area contributed by atoms with Crippen LogP contribution in [-0.4, -0.2) is 21.7 Å². The summed E-state index contributed by atoms with van der Waals surface area (Å²) in [6, 6.07) is 7.26. The maximum atomic E-state index is 5.40. The number of pyridine rings is 1. The molecule has 0 amide bonds. The Labute approximate surface area is 105 Å². The number of furan rings is 1. The summed E-state index contributed by atoms with van der Waals surface area (Å²) in [5.41, 5.74) is 0.715. The Hall–Kier alpha value is -1.82. The van der Waals surface area contributed by atoms with Gasteiger partial charge in [0.2, 0.25) is 5.82 Å². The van der Waals surface area contributed by atoms with Crippen molar-refractivity contribution in [2.45, 2.75) is 0 Å². The molecule has 0 bridgehead atoms. The van der Waals surface area contributed by atoms with E-state index in [1.165, 1.54) is 0 Å². The van der Waals surface area contributed by atoms with Crippen molar-refractivity contribution in [2.24, 2.45) is 0 Å². The minimum absolute atomic E-state index is 0.545. The second kappa shape index (κ2) is 3.89. The normalized spacial score (nSPS) is 10.9. The van der Waals surface area contributed by atoms with Gasteiger partial charge < -0.3 is 9.15 Å². The highest BCUT2D eigenvalue weighted by Crippen LogP contribution is 2.23. The summed E-state index contributed by atoms with van der Waals surface area (Å²) in [6.45, 7) is 0. The smallest absolute Gasteiger partial charge is 0.217 e. The lowest BCUT2D eigenvalue weighted by atomic mass is 10.4. The van der Waals surface area contributed by atoms with E-state index in [1.54, 1.807) is 17.8 Å². The maximum Gasteiger partial charge on any atom is 0.217 e. The first-order valence-corrected chi connectivity index (χ1v) is 5.72. The van der Waals surface area contributed by atoms with Crippen LogP contribution in [0.3, 0.4) is 0 Å². The van der Waals surface area contributed by atoms with Gasteiger partial charge in [-0.25, -0.2) is 9.50 Å². The number of rotatable bonds is 2. The highest BCUT2D eigenvalue weighted by Gasteiger charge is 2.10. The fourth-order valence-corrected chi connectivity index (χ4v) is 1.84. The minimum atomic E-state index is 0.545. The third-order valence-electron chi connectivity index (χ3n) is 2.34. The van der Waals surface area contributed by atoms with Crippen LogP contribution in [0.4, 0.5) is 0 Å². The number of hydrogen-bond donors (Lipinski definition) is 0. The topological polar surface area (TPSA) is 52.6 Å². The molecule has 0 spiro atoms. The number of fused-ring (bicyclic) bond motifs is 1. The molecule has 3 aromatic rings. The van der Waals surface area contributed by atoms with E-state index in [-0.39, 0.29) is 0 Å². The van der Waals surface area contributed by atoms with Gasteiger partial charge in [-0.1, -0.05) is 0 Å². The van der Waals surface area contributed by atoms with E-state index >= 15 is 0 Å². The quantitative estimate of drug-likeness (QED) is 0.729. The van der Waals surface area contributed by atoms with Gasteiger partial charge in [-0.15, -0.1) is 5.10 Å². The molecule has 0 fully saturated rings. The standard InChI is InChI=1S/C11H8BrN3O2/c1-16-7-4-5-15-10(6-7)13-11(14-15)8-2-3-9(12)17-8/h2-6H,1H3. The first kappa shape index (κ1) is 10.3. The average Bonchev–Trinajstić information content (AvgIpc) is 2.93. The van der Waals surface area contributed by atoms with Crippen LogP contribution in [-0.2, 0) is 0 Å². The Balaban J connectivity index is 2.13. The lowest BCUT2D eigenvalue weighted by Crippen LogP contribution is -1.88. The predicted octanol–water partition coefficient (Wildman–Crippen LogP) is 2.76. The summed E-state index contributed by atoms with van der Waals surface area (Å²) in [7, 11) is 1.62. The van der Waals surface area contributed by atoms with Crippen LogP contribution in [0.1, 0.15) is 0 Å². The zero-order chi connectivity index (χ0) is 11.8. The third kappa shape index (κ3) is 1.80. The largest absolute Gasteiger partial charge is 0.497 e. The number of methoxy groups -OCH3 is 1. The van der Waals surface area contributed by atoms with E-state index in [0.717, 1.165) is 5.75 Å². The minimum Gasteiger partial charge on any atom is -0.497 e. The number of aromatic nitrogens is 3. The summed E-state index contributed by atoms with van der Waals surface area (Å²) in [5.74, 6) is 1.92. The van der Waals surface area contributed by atoms with E-state index in [9.17, 15) is 0 Å². The van der Waals surface area contributed by atoms with Crippen molar-refractivity contribution < 1.29 is 9.15 Å². The molecule has 5 nitrogen and oxygen atoms in total. The van der Waals surface area contributed by atoms with Gasteiger partial charge in [0.1, 0.15) is 5.75 Å². The van der Waals surface area contributed by atoms with Crippen LogP contribution < -0.4 is 4.74 Å². The SMILES string of the molecule is COc1ccn2nc(-c3ccc(Br)o3)nc2c1. The summed E-state index contributed by atoms with van der Waals surface area (Å²) in [5, 5.41) is 4.31. The van der Waals surface area contributed by atoms with Gasteiger partial charge in [0.25, 0.3) is 0 Å². The molecular weight excluding hydrogens is 286 g/mol. The van der Waals surface area contributed by atoms with Crippen molar-refractivity contribution in [3.8, 4) is 17.3 Å². The molecule has 0 saturated heterocycles. The molecule has 3 rings (SSSR count). The molecule has 0 aliphatic heterocycles. The molecule has 6 heteroatoms. The van der Waals surface area contributed by atoms with Crippen molar-refractivity contribution in [1.82, 2.24) is 14.6 Å². The van der Waals surface area contributed by atoms with Crippen molar-refractivity contribution in [3.05, 3.63) is 35.1 Å². The second-order valence-corrected chi connectivity index (χ2v) is 4.19. The lowest BCUT2D eigenvalue weighted by Gasteiger charge is -1.97. The van der Waals surface area contributed by atoms with Crippen LogP contribution >= 0.6 is 15.9 Å². The van der Waals surface area contributed by atoms with Gasteiger partial charge in [0.05, 0.1) is 7.11 Å². The van der Waals surface area contributed by atoms with Crippen molar-refractivity contribution in [2.75, 3.05) is 7.11 Å². The molecule has 3 heterocycles. The average molecular weight is 294 g/mol. The Bertz CT molecular complexity index is 674. The van der Waals surface area contributed by atoms with Crippen LogP contribution in [0.2, 0.25) is 0 Å². The molecule has 0 N–H and O–H groups in total.